The Labute approximate surface area is 76.6 Å². The molecule has 0 spiro atoms. The molecule has 0 saturated carbocycles. The normalized spacial score (nSPS) is 6.91. The summed E-state index contributed by atoms with van der Waals surface area (Å²) in [6.45, 7) is 9.75. The summed E-state index contributed by atoms with van der Waals surface area (Å²) in [5, 5.41) is 0. The minimum absolute atomic E-state index is 0. The zero-order valence-electron chi connectivity index (χ0n) is 5.54. The van der Waals surface area contributed by atoms with Crippen LogP contribution in [0.25, 0.3) is 0 Å². The van der Waals surface area contributed by atoms with E-state index in [1.807, 2.05) is 18.2 Å². The smallest absolute Gasteiger partial charge is 0.545 e. The minimum atomic E-state index is 0. The van der Waals surface area contributed by atoms with E-state index in [2.05, 4.69) is 26.4 Å². The topological polar surface area (TPSA) is 51.2 Å². The average molecular weight is 194 g/mol. The Morgan fingerprint density at radius 3 is 1.00 bits per heavy atom. The second-order valence-corrected chi connectivity index (χ2v) is 0.692. The van der Waals surface area contributed by atoms with Crippen molar-refractivity contribution < 1.29 is 31.5 Å². The molecule has 1 aliphatic carbocycles. The van der Waals surface area contributed by atoms with Crippen LogP contribution in [0.2, 0.25) is 0 Å². The van der Waals surface area contributed by atoms with Crippen molar-refractivity contribution in [2.24, 2.45) is 0 Å². The monoisotopic (exact) mass is 194 g/mol. The molecule has 0 aliphatic heterocycles. The third-order valence-electron chi connectivity index (χ3n) is 0.385. The van der Waals surface area contributed by atoms with Crippen LogP contribution in [0.15, 0.2) is 18.2 Å². The van der Waals surface area contributed by atoms with Gasteiger partial charge in [0.25, 0.3) is 0 Å². The zero-order valence-corrected chi connectivity index (χ0v) is 6.65. The maximum atomic E-state index is 7.75. The summed E-state index contributed by atoms with van der Waals surface area (Å²) in [6.07, 6.45) is 8.50. The standard InChI is InChI=1S/C4H3.3CHO.Fe/c1-2-4-3-1;3*1-2;/h1-3H;3*1H;/q4*-1;+4. The fourth-order valence-electron chi connectivity index (χ4n) is 0.0962. The van der Waals surface area contributed by atoms with Crippen LogP contribution in [0, 0.1) is 6.08 Å². The van der Waals surface area contributed by atoms with Crippen molar-refractivity contribution in [3.05, 3.63) is 24.3 Å². The molecule has 0 heterocycles. The molecule has 1 aliphatic rings. The van der Waals surface area contributed by atoms with Crippen LogP contribution >= 0.6 is 0 Å². The largest absolute Gasteiger partial charge is 4.00 e. The van der Waals surface area contributed by atoms with Gasteiger partial charge in [0.2, 0.25) is 0 Å². The summed E-state index contributed by atoms with van der Waals surface area (Å²) in [6, 6.07) is 0. The van der Waals surface area contributed by atoms with E-state index in [1.165, 1.54) is 0 Å². The molecular formula is C7H6FeO3. The molecular weight excluding hydrogens is 188 g/mol. The second kappa shape index (κ2) is 63.8. The van der Waals surface area contributed by atoms with E-state index in [0.717, 1.165) is 0 Å². The van der Waals surface area contributed by atoms with Crippen LogP contribution in [-0.4, -0.2) is 20.4 Å². The van der Waals surface area contributed by atoms with Crippen molar-refractivity contribution in [2.75, 3.05) is 0 Å². The summed E-state index contributed by atoms with van der Waals surface area (Å²) >= 11 is 0. The van der Waals surface area contributed by atoms with Gasteiger partial charge in [-0.1, -0.05) is 0 Å². The first-order valence-corrected chi connectivity index (χ1v) is 1.95. The molecule has 4 heteroatoms. The third kappa shape index (κ3) is 48.9. The van der Waals surface area contributed by atoms with Crippen LogP contribution in [0.5, 0.6) is 0 Å². The average Bonchev–Trinajstić information content (AvgIpc) is 1.96. The van der Waals surface area contributed by atoms with Crippen LogP contribution in [0.4, 0.5) is 0 Å². The first-order valence-electron chi connectivity index (χ1n) is 1.95. The predicted octanol–water partition coefficient (Wildman–Crippen LogP) is 0.0908. The second-order valence-electron chi connectivity index (χ2n) is 0.692. The van der Waals surface area contributed by atoms with Gasteiger partial charge < -0.3 is 14.4 Å². The molecule has 60 valence electrons. The molecule has 0 amide bonds. The predicted molar refractivity (Wildman–Crippen MR) is 37.2 cm³/mol. The van der Waals surface area contributed by atoms with Crippen LogP contribution in [0.3, 0.4) is 0 Å². The van der Waals surface area contributed by atoms with Gasteiger partial charge in [0.1, 0.15) is 0 Å². The molecule has 0 aromatic rings. The van der Waals surface area contributed by atoms with Crippen molar-refractivity contribution in [3.63, 3.8) is 0 Å². The molecule has 0 unspecified atom stereocenters. The number of hydrogen-bond donors (Lipinski definition) is 0. The first kappa shape index (κ1) is 22.5. The van der Waals surface area contributed by atoms with Gasteiger partial charge in [0.05, 0.1) is 0 Å². The molecule has 0 saturated heterocycles. The van der Waals surface area contributed by atoms with Crippen molar-refractivity contribution in [1.29, 1.82) is 0 Å². The number of hydrogen-bond acceptors (Lipinski definition) is 3. The van der Waals surface area contributed by atoms with E-state index in [4.69, 9.17) is 14.4 Å². The number of allylic oxidation sites excluding steroid dienone is 4. The van der Waals surface area contributed by atoms with E-state index in [-0.39, 0.29) is 17.1 Å². The van der Waals surface area contributed by atoms with Gasteiger partial charge >= 0.3 is 17.1 Å². The summed E-state index contributed by atoms with van der Waals surface area (Å²) in [7, 11) is 0. The van der Waals surface area contributed by atoms with Crippen LogP contribution in [-0.2, 0) is 31.5 Å². The summed E-state index contributed by atoms with van der Waals surface area (Å²) in [5.41, 5.74) is 0. The Kier molecular flexibility index (Phi) is 131. The van der Waals surface area contributed by atoms with E-state index in [9.17, 15) is 0 Å². The van der Waals surface area contributed by atoms with Gasteiger partial charge in [-0.2, -0.15) is 24.3 Å². The molecule has 0 aromatic heterocycles. The summed E-state index contributed by atoms with van der Waals surface area (Å²) in [5.74, 6) is 0. The van der Waals surface area contributed by atoms with Crippen molar-refractivity contribution in [1.82, 2.24) is 0 Å². The summed E-state index contributed by atoms with van der Waals surface area (Å²) < 4.78 is 0. The molecule has 0 fully saturated rings. The van der Waals surface area contributed by atoms with Gasteiger partial charge in [0, 0.05) is 0 Å². The Morgan fingerprint density at radius 1 is 0.909 bits per heavy atom. The fourth-order valence-corrected chi connectivity index (χ4v) is 0.0962. The van der Waals surface area contributed by atoms with E-state index >= 15 is 0 Å². The van der Waals surface area contributed by atoms with Crippen molar-refractivity contribution in [3.8, 4) is 0 Å². The van der Waals surface area contributed by atoms with Crippen LogP contribution < -0.4 is 0 Å². The molecule has 0 bridgehead atoms. The quantitative estimate of drug-likeness (QED) is 0.312. The maximum Gasteiger partial charge on any atom is 4.00 e. The number of rotatable bonds is 0. The Balaban J connectivity index is -0.0000000317. The van der Waals surface area contributed by atoms with Gasteiger partial charge in [0.15, 0.2) is 0 Å². The van der Waals surface area contributed by atoms with Crippen molar-refractivity contribution >= 4 is 20.4 Å². The number of carbonyl (C=O) groups excluding carboxylic acids is 3. The van der Waals surface area contributed by atoms with Gasteiger partial charge in [-0.3, -0.25) is 20.4 Å². The zero-order chi connectivity index (χ0) is 8.83. The van der Waals surface area contributed by atoms with E-state index in [1.54, 1.807) is 0 Å². The van der Waals surface area contributed by atoms with Gasteiger partial charge in [-0.15, -0.1) is 0 Å². The molecule has 0 aromatic carbocycles. The molecule has 0 N–H and O–H groups in total. The van der Waals surface area contributed by atoms with Gasteiger partial charge in [-0.05, 0) is 0 Å². The fraction of sp³-hybridized carbons (Fsp3) is 0. The summed E-state index contributed by atoms with van der Waals surface area (Å²) in [4.78, 5) is 23.2. The third-order valence-corrected chi connectivity index (χ3v) is 0.385. The molecule has 11 heavy (non-hydrogen) atoms. The Bertz CT molecular complexity index is 79.1. The van der Waals surface area contributed by atoms with Crippen molar-refractivity contribution in [2.45, 2.75) is 0 Å². The minimum Gasteiger partial charge on any atom is -0.545 e. The van der Waals surface area contributed by atoms with E-state index < -0.39 is 0 Å². The van der Waals surface area contributed by atoms with Gasteiger partial charge in [-0.25, -0.2) is 0 Å². The SMILES string of the molecule is [C-]1=CC=C1.[CH-]=O.[CH-]=O.[CH-]=O.[Fe+4]. The van der Waals surface area contributed by atoms with Crippen LogP contribution in [0.1, 0.15) is 0 Å². The maximum absolute atomic E-state index is 7.75. The molecule has 0 atom stereocenters. The molecule has 3 nitrogen and oxygen atoms in total. The van der Waals surface area contributed by atoms with E-state index in [0.29, 0.717) is 0 Å². The Morgan fingerprint density at radius 2 is 1.00 bits per heavy atom. The first-order chi connectivity index (χ1) is 5.00. The molecule has 0 radical (unpaired) electrons. The Hall–Kier alpha value is -0.991. The molecule has 1 rings (SSSR count).